The van der Waals surface area contributed by atoms with E-state index in [0.717, 1.165) is 0 Å². The summed E-state index contributed by atoms with van der Waals surface area (Å²) in [6, 6.07) is 5.99. The lowest BCUT2D eigenvalue weighted by Gasteiger charge is -2.21. The maximum absolute atomic E-state index is 12.1. The Balaban J connectivity index is 2.86. The molecule has 0 unspecified atom stereocenters. The van der Waals surface area contributed by atoms with Gasteiger partial charge in [-0.3, -0.25) is 9.59 Å². The molecule has 0 radical (unpaired) electrons. The maximum atomic E-state index is 12.1. The zero-order valence-corrected chi connectivity index (χ0v) is 14.7. The van der Waals surface area contributed by atoms with Crippen LogP contribution >= 0.6 is 0 Å². The van der Waals surface area contributed by atoms with Crippen molar-refractivity contribution >= 4 is 28.0 Å². The van der Waals surface area contributed by atoms with Crippen molar-refractivity contribution in [2.45, 2.75) is 18.7 Å². The number of nitrogens with one attached hydrogen (secondary N) is 1. The van der Waals surface area contributed by atoms with E-state index in [1.165, 1.54) is 36.2 Å². The SMILES string of the molecule is CNS(=O)(=O)c1ccc(/C=C/C(=O)N(CC(=O)O)CC(C)C)cc1. The number of carboxylic acids is 1. The highest BCUT2D eigenvalue weighted by atomic mass is 32.2. The topological polar surface area (TPSA) is 104 Å². The largest absolute Gasteiger partial charge is 0.480 e. The van der Waals surface area contributed by atoms with Crippen molar-refractivity contribution in [1.82, 2.24) is 9.62 Å². The van der Waals surface area contributed by atoms with Crippen molar-refractivity contribution in [1.29, 1.82) is 0 Å². The zero-order valence-electron chi connectivity index (χ0n) is 13.9. The Morgan fingerprint density at radius 3 is 2.29 bits per heavy atom. The molecule has 0 spiro atoms. The lowest BCUT2D eigenvalue weighted by atomic mass is 10.2. The smallest absolute Gasteiger partial charge is 0.323 e. The highest BCUT2D eigenvalue weighted by Gasteiger charge is 2.15. The summed E-state index contributed by atoms with van der Waals surface area (Å²) in [4.78, 5) is 24.4. The summed E-state index contributed by atoms with van der Waals surface area (Å²) in [5.74, 6) is -1.33. The summed E-state index contributed by atoms with van der Waals surface area (Å²) in [5, 5.41) is 8.88. The average molecular weight is 354 g/mol. The molecule has 8 heteroatoms. The van der Waals surface area contributed by atoms with Gasteiger partial charge in [0, 0.05) is 12.6 Å². The number of hydrogen-bond acceptors (Lipinski definition) is 4. The van der Waals surface area contributed by atoms with Crippen molar-refractivity contribution in [3.8, 4) is 0 Å². The molecule has 0 bridgehead atoms. The molecule has 0 aliphatic carbocycles. The zero-order chi connectivity index (χ0) is 18.3. The fourth-order valence-corrected chi connectivity index (χ4v) is 2.72. The first kappa shape index (κ1) is 19.9. The number of rotatable bonds is 8. The summed E-state index contributed by atoms with van der Waals surface area (Å²) in [6.07, 6.45) is 2.81. The molecule has 0 aromatic heterocycles. The van der Waals surface area contributed by atoms with Crippen LogP contribution in [0.2, 0.25) is 0 Å². The molecule has 0 aliphatic rings. The van der Waals surface area contributed by atoms with Crippen LogP contribution in [0.1, 0.15) is 19.4 Å². The number of carbonyl (C=O) groups is 2. The molecule has 1 amide bonds. The first-order valence-electron chi connectivity index (χ1n) is 7.38. The second kappa shape index (κ2) is 8.60. The third-order valence-electron chi connectivity index (χ3n) is 3.10. The molecular formula is C16H22N2O5S. The van der Waals surface area contributed by atoms with E-state index in [2.05, 4.69) is 4.72 Å². The highest BCUT2D eigenvalue weighted by molar-refractivity contribution is 7.89. The molecule has 1 aromatic rings. The van der Waals surface area contributed by atoms with Gasteiger partial charge >= 0.3 is 5.97 Å². The Kier molecular flexibility index (Phi) is 7.12. The molecule has 7 nitrogen and oxygen atoms in total. The van der Waals surface area contributed by atoms with Crippen molar-refractivity contribution in [3.63, 3.8) is 0 Å². The Bertz CT molecular complexity index is 708. The van der Waals surface area contributed by atoms with Crippen LogP contribution in [-0.4, -0.2) is 50.4 Å². The highest BCUT2D eigenvalue weighted by Crippen LogP contribution is 2.11. The number of hydrogen-bond donors (Lipinski definition) is 2. The van der Waals surface area contributed by atoms with E-state index in [0.29, 0.717) is 12.1 Å². The van der Waals surface area contributed by atoms with Gasteiger partial charge in [0.1, 0.15) is 6.54 Å². The van der Waals surface area contributed by atoms with Crippen molar-refractivity contribution in [2.75, 3.05) is 20.1 Å². The van der Waals surface area contributed by atoms with Gasteiger partial charge < -0.3 is 10.0 Å². The fraction of sp³-hybridized carbons (Fsp3) is 0.375. The van der Waals surface area contributed by atoms with E-state index >= 15 is 0 Å². The normalized spacial score (nSPS) is 11.8. The fourth-order valence-electron chi connectivity index (χ4n) is 1.99. The summed E-state index contributed by atoms with van der Waals surface area (Å²) in [5.41, 5.74) is 0.637. The number of aliphatic carboxylic acids is 1. The molecule has 1 rings (SSSR count). The van der Waals surface area contributed by atoms with Crippen LogP contribution in [0.4, 0.5) is 0 Å². The number of benzene rings is 1. The Morgan fingerprint density at radius 2 is 1.83 bits per heavy atom. The standard InChI is InChI=1S/C16H22N2O5S/c1-12(2)10-18(11-16(20)21)15(19)9-6-13-4-7-14(8-5-13)24(22,23)17-3/h4-9,12,17H,10-11H2,1-3H3,(H,20,21)/b9-6+. The predicted octanol–water partition coefficient (Wildman–Crippen LogP) is 1.18. The molecule has 0 saturated carbocycles. The molecule has 0 heterocycles. The molecular weight excluding hydrogens is 332 g/mol. The van der Waals surface area contributed by atoms with Crippen LogP contribution in [0, 0.1) is 5.92 Å². The van der Waals surface area contributed by atoms with Crippen molar-refractivity contribution in [2.24, 2.45) is 5.92 Å². The van der Waals surface area contributed by atoms with Gasteiger partial charge in [-0.1, -0.05) is 26.0 Å². The number of carboxylic acid groups (broad SMARTS) is 1. The van der Waals surface area contributed by atoms with E-state index in [9.17, 15) is 18.0 Å². The molecule has 0 fully saturated rings. The van der Waals surface area contributed by atoms with Gasteiger partial charge in [-0.25, -0.2) is 13.1 Å². The average Bonchev–Trinajstić information content (AvgIpc) is 2.51. The van der Waals surface area contributed by atoms with Crippen LogP contribution in [-0.2, 0) is 19.6 Å². The summed E-state index contributed by atoms with van der Waals surface area (Å²) < 4.78 is 25.5. The molecule has 0 aliphatic heterocycles. The summed E-state index contributed by atoms with van der Waals surface area (Å²) in [6.45, 7) is 3.77. The van der Waals surface area contributed by atoms with E-state index in [1.54, 1.807) is 12.1 Å². The number of nitrogens with zero attached hydrogens (tertiary/aromatic N) is 1. The summed E-state index contributed by atoms with van der Waals surface area (Å²) >= 11 is 0. The second-order valence-electron chi connectivity index (χ2n) is 5.62. The van der Waals surface area contributed by atoms with Gasteiger partial charge in [0.25, 0.3) is 0 Å². The van der Waals surface area contributed by atoms with Gasteiger partial charge in [-0.15, -0.1) is 0 Å². The lowest BCUT2D eigenvalue weighted by molar-refractivity contribution is -0.143. The monoisotopic (exact) mass is 354 g/mol. The van der Waals surface area contributed by atoms with Gasteiger partial charge in [-0.2, -0.15) is 0 Å². The third-order valence-corrected chi connectivity index (χ3v) is 4.53. The molecule has 0 atom stereocenters. The minimum absolute atomic E-state index is 0.126. The first-order chi connectivity index (χ1) is 11.2. The Hall–Kier alpha value is -2.19. The third kappa shape index (κ3) is 6.13. The van der Waals surface area contributed by atoms with Crippen LogP contribution in [0.25, 0.3) is 6.08 Å². The van der Waals surface area contributed by atoms with Crippen LogP contribution in [0.15, 0.2) is 35.2 Å². The summed E-state index contributed by atoms with van der Waals surface area (Å²) in [7, 11) is -2.17. The number of sulfonamides is 1. The quantitative estimate of drug-likeness (QED) is 0.682. The van der Waals surface area contributed by atoms with Gasteiger partial charge in [0.15, 0.2) is 0 Å². The molecule has 0 saturated heterocycles. The van der Waals surface area contributed by atoms with Crippen molar-refractivity contribution in [3.05, 3.63) is 35.9 Å². The Labute approximate surface area is 142 Å². The predicted molar refractivity (Wildman–Crippen MR) is 90.8 cm³/mol. The van der Waals surface area contributed by atoms with Crippen LogP contribution in [0.3, 0.4) is 0 Å². The first-order valence-corrected chi connectivity index (χ1v) is 8.86. The van der Waals surface area contributed by atoms with E-state index in [1.807, 2.05) is 13.8 Å². The maximum Gasteiger partial charge on any atom is 0.323 e. The molecule has 132 valence electrons. The van der Waals surface area contributed by atoms with Crippen molar-refractivity contribution < 1.29 is 23.1 Å². The number of carbonyl (C=O) groups excluding carboxylic acids is 1. The second-order valence-corrected chi connectivity index (χ2v) is 7.50. The van der Waals surface area contributed by atoms with Crippen LogP contribution < -0.4 is 4.72 Å². The van der Waals surface area contributed by atoms with Gasteiger partial charge in [0.2, 0.25) is 15.9 Å². The molecule has 2 N–H and O–H groups in total. The minimum atomic E-state index is -3.50. The van der Waals surface area contributed by atoms with E-state index in [4.69, 9.17) is 5.11 Å². The van der Waals surface area contributed by atoms with Crippen LogP contribution in [0.5, 0.6) is 0 Å². The lowest BCUT2D eigenvalue weighted by Crippen LogP contribution is -2.37. The van der Waals surface area contributed by atoms with E-state index in [-0.39, 0.29) is 17.4 Å². The molecule has 24 heavy (non-hydrogen) atoms. The van der Waals surface area contributed by atoms with Gasteiger partial charge in [-0.05, 0) is 36.7 Å². The minimum Gasteiger partial charge on any atom is -0.480 e. The molecule has 1 aromatic carbocycles. The van der Waals surface area contributed by atoms with Gasteiger partial charge in [0.05, 0.1) is 4.90 Å². The number of amides is 1. The Morgan fingerprint density at radius 1 is 1.25 bits per heavy atom. The van der Waals surface area contributed by atoms with E-state index < -0.39 is 21.9 Å².